The van der Waals surface area contributed by atoms with Crippen LogP contribution in [0.3, 0.4) is 0 Å². The third-order valence-electron chi connectivity index (χ3n) is 3.67. The van der Waals surface area contributed by atoms with Crippen LogP contribution in [-0.2, 0) is 17.1 Å². The Hall–Kier alpha value is -2.02. The van der Waals surface area contributed by atoms with E-state index < -0.39 is 5.60 Å². The molecule has 118 valence electrons. The van der Waals surface area contributed by atoms with E-state index in [1.807, 2.05) is 60.7 Å². The molecule has 1 N–H and O–H groups in total. The van der Waals surface area contributed by atoms with Crippen molar-refractivity contribution in [1.82, 2.24) is 15.0 Å². The Kier molecular flexibility index (Phi) is 4.56. The minimum Gasteiger partial charge on any atom is -0.374 e. The van der Waals surface area contributed by atoms with Gasteiger partial charge in [-0.05, 0) is 27.1 Å². The highest BCUT2D eigenvalue weighted by atomic mass is 79.9. The summed E-state index contributed by atoms with van der Waals surface area (Å²) in [6.07, 6.45) is 0. The van der Waals surface area contributed by atoms with Gasteiger partial charge < -0.3 is 9.84 Å². The van der Waals surface area contributed by atoms with Crippen molar-refractivity contribution >= 4 is 15.9 Å². The normalized spacial score (nSPS) is 11.6. The second-order valence-corrected chi connectivity index (χ2v) is 5.84. The molecule has 1 heterocycles. The Morgan fingerprint density at radius 2 is 1.57 bits per heavy atom. The van der Waals surface area contributed by atoms with Crippen molar-refractivity contribution < 1.29 is 9.84 Å². The number of ether oxygens (including phenoxy) is 1. The van der Waals surface area contributed by atoms with Gasteiger partial charge in [0.05, 0.1) is 0 Å². The van der Waals surface area contributed by atoms with Gasteiger partial charge in [-0.25, -0.2) is 4.68 Å². The van der Waals surface area contributed by atoms with E-state index in [2.05, 4.69) is 26.2 Å². The average molecular weight is 374 g/mol. The van der Waals surface area contributed by atoms with E-state index in [1.165, 1.54) is 0 Å². The molecule has 0 aliphatic carbocycles. The highest BCUT2D eigenvalue weighted by Gasteiger charge is 2.39. The van der Waals surface area contributed by atoms with E-state index in [0.29, 0.717) is 10.3 Å². The maximum Gasteiger partial charge on any atom is 0.159 e. The molecule has 0 spiro atoms. The van der Waals surface area contributed by atoms with Gasteiger partial charge >= 0.3 is 0 Å². The minimum absolute atomic E-state index is 0.190. The van der Waals surface area contributed by atoms with E-state index >= 15 is 0 Å². The molecular weight excluding hydrogens is 358 g/mol. The number of benzene rings is 2. The predicted molar refractivity (Wildman–Crippen MR) is 89.7 cm³/mol. The van der Waals surface area contributed by atoms with E-state index in [9.17, 15) is 5.11 Å². The fourth-order valence-electron chi connectivity index (χ4n) is 2.64. The maximum absolute atomic E-state index is 11.7. The van der Waals surface area contributed by atoms with E-state index in [1.54, 1.807) is 11.8 Å². The van der Waals surface area contributed by atoms with Crippen LogP contribution in [0.2, 0.25) is 0 Å². The van der Waals surface area contributed by atoms with E-state index in [0.717, 1.165) is 11.1 Å². The lowest BCUT2D eigenvalue weighted by Crippen LogP contribution is -2.32. The summed E-state index contributed by atoms with van der Waals surface area (Å²) in [6, 6.07) is 18.9. The molecule has 0 aliphatic rings. The van der Waals surface area contributed by atoms with Crippen molar-refractivity contribution in [1.29, 1.82) is 0 Å². The molecule has 1 aromatic heterocycles. The first-order chi connectivity index (χ1) is 11.2. The Morgan fingerprint density at radius 1 is 1.04 bits per heavy atom. The number of aliphatic hydroxyl groups is 1. The number of nitrogens with zero attached hydrogens (tertiary/aromatic N) is 3. The largest absolute Gasteiger partial charge is 0.374 e. The standard InChI is InChI=1S/C17H16BrN3O2/c1-23-12-21-15(16(18)19-20-21)17(22,13-8-4-2-5-9-13)14-10-6-3-7-11-14/h2-11,22H,12H2,1H3. The zero-order valence-corrected chi connectivity index (χ0v) is 14.1. The molecule has 3 aromatic rings. The zero-order valence-electron chi connectivity index (χ0n) is 12.6. The van der Waals surface area contributed by atoms with Crippen LogP contribution in [0.25, 0.3) is 0 Å². The summed E-state index contributed by atoms with van der Waals surface area (Å²) in [5.74, 6) is 0. The van der Waals surface area contributed by atoms with Crippen LogP contribution in [0.1, 0.15) is 16.8 Å². The molecule has 0 amide bonds. The first-order valence-corrected chi connectivity index (χ1v) is 7.89. The van der Waals surface area contributed by atoms with Crippen molar-refractivity contribution in [3.63, 3.8) is 0 Å². The molecule has 23 heavy (non-hydrogen) atoms. The highest BCUT2D eigenvalue weighted by molar-refractivity contribution is 9.10. The molecule has 0 fully saturated rings. The first-order valence-electron chi connectivity index (χ1n) is 7.09. The molecule has 0 atom stereocenters. The van der Waals surface area contributed by atoms with Gasteiger partial charge in [0.1, 0.15) is 12.4 Å². The summed E-state index contributed by atoms with van der Waals surface area (Å²) >= 11 is 3.41. The van der Waals surface area contributed by atoms with Crippen LogP contribution in [0.5, 0.6) is 0 Å². The summed E-state index contributed by atoms with van der Waals surface area (Å²) in [7, 11) is 1.57. The quantitative estimate of drug-likeness (QED) is 0.746. The van der Waals surface area contributed by atoms with Crippen molar-refractivity contribution in [3.05, 3.63) is 82.1 Å². The molecule has 0 unspecified atom stereocenters. The van der Waals surface area contributed by atoms with Gasteiger partial charge in [-0.15, -0.1) is 5.10 Å². The molecule has 0 saturated heterocycles. The molecule has 0 saturated carbocycles. The summed E-state index contributed by atoms with van der Waals surface area (Å²) < 4.78 is 7.20. The van der Waals surface area contributed by atoms with Gasteiger partial charge in [0.2, 0.25) is 0 Å². The van der Waals surface area contributed by atoms with Crippen molar-refractivity contribution in [2.75, 3.05) is 7.11 Å². The average Bonchev–Trinajstić information content (AvgIpc) is 2.97. The molecule has 0 radical (unpaired) electrons. The fourth-order valence-corrected chi connectivity index (χ4v) is 3.20. The predicted octanol–water partition coefficient (Wildman–Crippen LogP) is 2.93. The zero-order chi connectivity index (χ0) is 16.3. The summed E-state index contributed by atoms with van der Waals surface area (Å²) in [5.41, 5.74) is 0.582. The minimum atomic E-state index is -1.40. The van der Waals surface area contributed by atoms with E-state index in [-0.39, 0.29) is 6.73 Å². The van der Waals surface area contributed by atoms with Crippen LogP contribution in [0.15, 0.2) is 65.3 Å². The summed E-state index contributed by atoms with van der Waals surface area (Å²) in [4.78, 5) is 0. The van der Waals surface area contributed by atoms with Crippen LogP contribution >= 0.6 is 15.9 Å². The molecular formula is C17H16BrN3O2. The van der Waals surface area contributed by atoms with Gasteiger partial charge in [-0.1, -0.05) is 65.9 Å². The van der Waals surface area contributed by atoms with Gasteiger partial charge in [0.15, 0.2) is 10.2 Å². The monoisotopic (exact) mass is 373 g/mol. The molecule has 0 bridgehead atoms. The van der Waals surface area contributed by atoms with Crippen LogP contribution < -0.4 is 0 Å². The lowest BCUT2D eigenvalue weighted by molar-refractivity contribution is 0.0800. The Labute approximate surface area is 142 Å². The lowest BCUT2D eigenvalue weighted by Gasteiger charge is -2.30. The molecule has 2 aromatic carbocycles. The summed E-state index contributed by atoms with van der Waals surface area (Å²) in [6.45, 7) is 0.190. The first kappa shape index (κ1) is 15.9. The van der Waals surface area contributed by atoms with Crippen LogP contribution in [0, 0.1) is 0 Å². The third kappa shape index (κ3) is 2.81. The number of hydrogen-bond donors (Lipinski definition) is 1. The molecule has 5 nitrogen and oxygen atoms in total. The van der Waals surface area contributed by atoms with Crippen LogP contribution in [0.4, 0.5) is 0 Å². The summed E-state index contributed by atoms with van der Waals surface area (Å²) in [5, 5.41) is 19.8. The number of hydrogen-bond acceptors (Lipinski definition) is 4. The third-order valence-corrected chi connectivity index (χ3v) is 4.21. The van der Waals surface area contributed by atoms with Gasteiger partial charge in [-0.2, -0.15) is 0 Å². The van der Waals surface area contributed by atoms with Gasteiger partial charge in [0.25, 0.3) is 0 Å². The Balaban J connectivity index is 2.28. The fraction of sp³-hybridized carbons (Fsp3) is 0.176. The Bertz CT molecular complexity index is 736. The van der Waals surface area contributed by atoms with Gasteiger partial charge in [0, 0.05) is 7.11 Å². The SMILES string of the molecule is COCn1nnc(Br)c1C(O)(c1ccccc1)c1ccccc1. The van der Waals surface area contributed by atoms with Gasteiger partial charge in [-0.3, -0.25) is 0 Å². The lowest BCUT2D eigenvalue weighted by atomic mass is 9.84. The van der Waals surface area contributed by atoms with E-state index in [4.69, 9.17) is 4.74 Å². The molecule has 3 rings (SSSR count). The highest BCUT2D eigenvalue weighted by Crippen LogP contribution is 2.39. The molecule has 0 aliphatic heterocycles. The number of rotatable bonds is 5. The Morgan fingerprint density at radius 3 is 2.04 bits per heavy atom. The maximum atomic E-state index is 11.7. The van der Waals surface area contributed by atoms with Crippen molar-refractivity contribution in [2.24, 2.45) is 0 Å². The van der Waals surface area contributed by atoms with Crippen molar-refractivity contribution in [2.45, 2.75) is 12.3 Å². The number of halogens is 1. The molecule has 6 heteroatoms. The number of methoxy groups -OCH3 is 1. The second kappa shape index (κ2) is 6.62. The topological polar surface area (TPSA) is 60.2 Å². The second-order valence-electron chi connectivity index (χ2n) is 5.09. The smallest absolute Gasteiger partial charge is 0.159 e. The number of aromatic nitrogens is 3. The van der Waals surface area contributed by atoms with Crippen molar-refractivity contribution in [3.8, 4) is 0 Å². The van der Waals surface area contributed by atoms with Crippen LogP contribution in [-0.4, -0.2) is 27.2 Å².